The van der Waals surface area contributed by atoms with Crippen molar-refractivity contribution in [3.05, 3.63) is 38.3 Å². The molecule has 1 aromatic heterocycles. The molecule has 0 aliphatic rings. The summed E-state index contributed by atoms with van der Waals surface area (Å²) < 4.78 is 9.79. The summed E-state index contributed by atoms with van der Waals surface area (Å²) >= 11 is 13.3. The van der Waals surface area contributed by atoms with Gasteiger partial charge in [0.25, 0.3) is 5.91 Å². The highest BCUT2D eigenvalue weighted by Crippen LogP contribution is 2.34. The lowest BCUT2D eigenvalue weighted by Gasteiger charge is -2.11. The number of carbonyl (C=O) groups excluding carboxylic acids is 2. The van der Waals surface area contributed by atoms with Crippen LogP contribution in [0.4, 0.5) is 5.13 Å². The summed E-state index contributed by atoms with van der Waals surface area (Å²) in [5, 5.41) is 3.47. The molecular weight excluding hydrogens is 375 g/mol. The van der Waals surface area contributed by atoms with Crippen molar-refractivity contribution in [2.24, 2.45) is 0 Å². The van der Waals surface area contributed by atoms with Gasteiger partial charge in [0.1, 0.15) is 5.56 Å². The molecule has 0 bridgehead atoms. The highest BCUT2D eigenvalue weighted by molar-refractivity contribution is 7.16. The molecule has 0 saturated carbocycles. The topological polar surface area (TPSA) is 77.5 Å². The fourth-order valence-corrected chi connectivity index (χ4v) is 3.37. The predicted octanol–water partition coefficient (Wildman–Crippen LogP) is 3.73. The Bertz CT molecular complexity index is 792. The second-order valence-corrected chi connectivity index (χ2v) is 6.57. The molecule has 1 amide bonds. The van der Waals surface area contributed by atoms with E-state index in [0.717, 1.165) is 0 Å². The van der Waals surface area contributed by atoms with E-state index in [1.807, 2.05) is 0 Å². The van der Waals surface area contributed by atoms with Gasteiger partial charge in [-0.15, -0.1) is 11.3 Å². The van der Waals surface area contributed by atoms with Crippen molar-refractivity contribution in [1.82, 2.24) is 4.98 Å². The van der Waals surface area contributed by atoms with Gasteiger partial charge < -0.3 is 9.47 Å². The standard InChI is InChI=1S/C15H14Cl2N2O4S/c1-7-10(6-11(20)22-2)24-15(18-7)19-14(21)12-8(16)4-5-9(17)13(12)23-3/h4-5H,6H2,1-3H3,(H,18,19,21). The van der Waals surface area contributed by atoms with Gasteiger partial charge >= 0.3 is 5.97 Å². The molecule has 9 heteroatoms. The summed E-state index contributed by atoms with van der Waals surface area (Å²) in [6.07, 6.45) is 0.0944. The number of nitrogens with one attached hydrogen (secondary N) is 1. The number of amides is 1. The third kappa shape index (κ3) is 3.98. The van der Waals surface area contributed by atoms with Crippen LogP contribution in [0.15, 0.2) is 12.1 Å². The third-order valence-corrected chi connectivity index (χ3v) is 4.82. The molecule has 1 heterocycles. The zero-order valence-electron chi connectivity index (χ0n) is 13.1. The van der Waals surface area contributed by atoms with Crippen molar-refractivity contribution in [1.29, 1.82) is 0 Å². The van der Waals surface area contributed by atoms with E-state index in [2.05, 4.69) is 15.0 Å². The maximum Gasteiger partial charge on any atom is 0.310 e. The highest BCUT2D eigenvalue weighted by Gasteiger charge is 2.21. The van der Waals surface area contributed by atoms with E-state index in [4.69, 9.17) is 27.9 Å². The van der Waals surface area contributed by atoms with Crippen LogP contribution in [0.25, 0.3) is 0 Å². The molecule has 0 fully saturated rings. The molecule has 6 nitrogen and oxygen atoms in total. The Balaban J connectivity index is 2.27. The summed E-state index contributed by atoms with van der Waals surface area (Å²) in [4.78, 5) is 28.8. The summed E-state index contributed by atoms with van der Waals surface area (Å²) in [6, 6.07) is 3.05. The largest absolute Gasteiger partial charge is 0.494 e. The minimum atomic E-state index is -0.502. The molecule has 0 aliphatic heterocycles. The first kappa shape index (κ1) is 18.5. The Morgan fingerprint density at radius 2 is 1.92 bits per heavy atom. The van der Waals surface area contributed by atoms with Gasteiger partial charge in [-0.25, -0.2) is 4.98 Å². The smallest absolute Gasteiger partial charge is 0.310 e. The van der Waals surface area contributed by atoms with Gasteiger partial charge in [-0.1, -0.05) is 23.2 Å². The Kier molecular flexibility index (Phi) is 6.04. The van der Waals surface area contributed by atoms with E-state index in [1.165, 1.54) is 31.6 Å². The second-order valence-electron chi connectivity index (χ2n) is 4.67. The molecular formula is C15H14Cl2N2O4S. The average Bonchev–Trinajstić information content (AvgIpc) is 2.88. The lowest BCUT2D eigenvalue weighted by Crippen LogP contribution is -2.14. The van der Waals surface area contributed by atoms with Gasteiger partial charge in [0.2, 0.25) is 0 Å². The first-order valence-corrected chi connectivity index (χ1v) is 8.31. The second kappa shape index (κ2) is 7.83. The molecule has 0 saturated heterocycles. The Labute approximate surface area is 152 Å². The van der Waals surface area contributed by atoms with E-state index < -0.39 is 5.91 Å². The first-order valence-electron chi connectivity index (χ1n) is 6.73. The Hall–Kier alpha value is -1.83. The number of benzene rings is 1. The van der Waals surface area contributed by atoms with Crippen LogP contribution in [0, 0.1) is 6.92 Å². The number of thiazole rings is 1. The van der Waals surface area contributed by atoms with Gasteiger partial charge in [-0.3, -0.25) is 14.9 Å². The fraction of sp³-hybridized carbons (Fsp3) is 0.267. The number of aryl methyl sites for hydroxylation is 1. The number of nitrogens with zero attached hydrogens (tertiary/aromatic N) is 1. The fourth-order valence-electron chi connectivity index (χ4n) is 1.95. The van der Waals surface area contributed by atoms with Crippen molar-refractivity contribution in [2.75, 3.05) is 19.5 Å². The predicted molar refractivity (Wildman–Crippen MR) is 93.5 cm³/mol. The van der Waals surface area contributed by atoms with Crippen LogP contribution in [0.2, 0.25) is 10.0 Å². The molecule has 128 valence electrons. The minimum absolute atomic E-state index is 0.0944. The van der Waals surface area contributed by atoms with E-state index in [9.17, 15) is 9.59 Å². The Morgan fingerprint density at radius 1 is 1.25 bits per heavy atom. The van der Waals surface area contributed by atoms with Crippen molar-refractivity contribution in [2.45, 2.75) is 13.3 Å². The maximum atomic E-state index is 12.5. The molecule has 0 aliphatic carbocycles. The molecule has 1 aromatic carbocycles. The molecule has 2 rings (SSSR count). The van der Waals surface area contributed by atoms with E-state index in [1.54, 1.807) is 13.0 Å². The number of methoxy groups -OCH3 is 2. The Morgan fingerprint density at radius 3 is 2.54 bits per heavy atom. The molecule has 0 unspecified atom stereocenters. The number of hydrogen-bond acceptors (Lipinski definition) is 6. The molecule has 0 atom stereocenters. The highest BCUT2D eigenvalue weighted by atomic mass is 35.5. The zero-order chi connectivity index (χ0) is 17.9. The molecule has 0 spiro atoms. The van der Waals surface area contributed by atoms with E-state index in [-0.39, 0.29) is 33.7 Å². The third-order valence-electron chi connectivity index (χ3n) is 3.14. The van der Waals surface area contributed by atoms with Crippen LogP contribution in [0.3, 0.4) is 0 Å². The van der Waals surface area contributed by atoms with Gasteiger partial charge in [0, 0.05) is 4.88 Å². The number of rotatable bonds is 5. The number of esters is 1. The molecule has 1 N–H and O–H groups in total. The number of ether oxygens (including phenoxy) is 2. The van der Waals surface area contributed by atoms with E-state index in [0.29, 0.717) is 15.7 Å². The van der Waals surface area contributed by atoms with Crippen molar-refractivity contribution in [3.63, 3.8) is 0 Å². The van der Waals surface area contributed by atoms with Crippen molar-refractivity contribution in [3.8, 4) is 5.75 Å². The van der Waals surface area contributed by atoms with Crippen LogP contribution in [-0.4, -0.2) is 31.1 Å². The number of anilines is 1. The lowest BCUT2D eigenvalue weighted by molar-refractivity contribution is -0.139. The number of halogens is 2. The number of aromatic nitrogens is 1. The summed E-state index contributed by atoms with van der Waals surface area (Å²) in [5.41, 5.74) is 0.763. The van der Waals surface area contributed by atoms with Crippen LogP contribution in [0.1, 0.15) is 20.9 Å². The average molecular weight is 389 g/mol. The quantitative estimate of drug-likeness (QED) is 0.789. The number of hydrogen-bond donors (Lipinski definition) is 1. The normalized spacial score (nSPS) is 10.4. The first-order chi connectivity index (χ1) is 11.4. The number of carbonyl (C=O) groups is 2. The van der Waals surface area contributed by atoms with Crippen LogP contribution in [-0.2, 0) is 16.0 Å². The van der Waals surface area contributed by atoms with Crippen molar-refractivity contribution < 1.29 is 19.1 Å². The van der Waals surface area contributed by atoms with Crippen LogP contribution in [0.5, 0.6) is 5.75 Å². The summed E-state index contributed by atoms with van der Waals surface area (Å²) in [7, 11) is 2.71. The van der Waals surface area contributed by atoms with Crippen LogP contribution >= 0.6 is 34.5 Å². The summed E-state index contributed by atoms with van der Waals surface area (Å²) in [5.74, 6) is -0.693. The van der Waals surface area contributed by atoms with Crippen LogP contribution < -0.4 is 10.1 Å². The lowest BCUT2D eigenvalue weighted by atomic mass is 10.2. The van der Waals surface area contributed by atoms with Gasteiger partial charge in [0.15, 0.2) is 10.9 Å². The molecule has 2 aromatic rings. The van der Waals surface area contributed by atoms with Crippen molar-refractivity contribution >= 4 is 51.5 Å². The van der Waals surface area contributed by atoms with Gasteiger partial charge in [-0.05, 0) is 19.1 Å². The van der Waals surface area contributed by atoms with E-state index >= 15 is 0 Å². The summed E-state index contributed by atoms with van der Waals surface area (Å²) in [6.45, 7) is 1.75. The molecule has 0 radical (unpaired) electrons. The SMILES string of the molecule is COC(=O)Cc1sc(NC(=O)c2c(Cl)ccc(Cl)c2OC)nc1C. The monoisotopic (exact) mass is 388 g/mol. The van der Waals surface area contributed by atoms with Gasteiger partial charge in [-0.2, -0.15) is 0 Å². The van der Waals surface area contributed by atoms with Gasteiger partial charge in [0.05, 0.1) is 36.4 Å². The minimum Gasteiger partial charge on any atom is -0.494 e. The zero-order valence-corrected chi connectivity index (χ0v) is 15.4. The maximum absolute atomic E-state index is 12.5. The molecule has 24 heavy (non-hydrogen) atoms.